The van der Waals surface area contributed by atoms with Crippen molar-refractivity contribution >= 4 is 50.3 Å². The Morgan fingerprint density at radius 1 is 1.03 bits per heavy atom. The lowest BCUT2D eigenvalue weighted by Gasteiger charge is -2.15. The number of hydrogen-bond donors (Lipinski definition) is 3. The molecule has 4 N–H and O–H groups in total. The van der Waals surface area contributed by atoms with Gasteiger partial charge in [-0.2, -0.15) is 0 Å². The number of quaternary nitrogens is 2. The third kappa shape index (κ3) is 6.48. The summed E-state index contributed by atoms with van der Waals surface area (Å²) in [6.45, 7) is 13.7. The molecule has 0 fully saturated rings. The summed E-state index contributed by atoms with van der Waals surface area (Å²) < 4.78 is 5.48. The first-order valence-electron chi connectivity index (χ1n) is 12.9. The van der Waals surface area contributed by atoms with Crippen LogP contribution in [0.15, 0.2) is 42.6 Å². The smallest absolute Gasteiger partial charge is 0.210 e. The van der Waals surface area contributed by atoms with Crippen molar-refractivity contribution in [2.24, 2.45) is 0 Å². The van der Waals surface area contributed by atoms with Gasteiger partial charge in [0.25, 0.3) is 0 Å². The molecule has 0 saturated heterocycles. The molecule has 0 unspecified atom stereocenters. The van der Waals surface area contributed by atoms with E-state index in [9.17, 15) is 19.8 Å². The Bertz CT molecular complexity index is 1450. The second-order valence-electron chi connectivity index (χ2n) is 9.17. The fourth-order valence-electron chi connectivity index (χ4n) is 4.88. The number of nitrogens with two attached hydrogens (primary N) is 1. The Labute approximate surface area is 222 Å². The van der Waals surface area contributed by atoms with Crippen LogP contribution in [0.4, 0.5) is 5.82 Å². The molecule has 202 valence electrons. The van der Waals surface area contributed by atoms with Gasteiger partial charge in [0.2, 0.25) is 5.82 Å². The number of methoxy groups -OCH3 is 1. The summed E-state index contributed by atoms with van der Waals surface area (Å²) in [6, 6.07) is 8.36. The van der Waals surface area contributed by atoms with Crippen LogP contribution in [0, 0.1) is 13.8 Å². The second-order valence-corrected chi connectivity index (χ2v) is 9.17. The van der Waals surface area contributed by atoms with Gasteiger partial charge in [0.1, 0.15) is 5.75 Å². The summed E-state index contributed by atoms with van der Waals surface area (Å²) in [4.78, 5) is 29.0. The van der Waals surface area contributed by atoms with Gasteiger partial charge in [-0.1, -0.05) is 0 Å². The Balaban J connectivity index is 0.000000436. The molecule has 0 aliphatic heterocycles. The first kappa shape index (κ1) is 28.6. The van der Waals surface area contributed by atoms with Gasteiger partial charge in [0.05, 0.1) is 61.6 Å². The topological polar surface area (TPSA) is 139 Å². The van der Waals surface area contributed by atoms with Crippen molar-refractivity contribution in [1.29, 1.82) is 0 Å². The zero-order valence-corrected chi connectivity index (χ0v) is 22.6. The number of benzene rings is 2. The minimum Gasteiger partial charge on any atom is -0.545 e. The molecule has 2 aromatic carbocycles. The normalized spacial score (nSPS) is 11.4. The molecule has 0 spiro atoms. The number of nitrogens with one attached hydrogen (secondary N) is 2. The van der Waals surface area contributed by atoms with Gasteiger partial charge in [-0.3, -0.25) is 5.32 Å². The molecular formula is C29H36N4O5. The van der Waals surface area contributed by atoms with Crippen LogP contribution in [0.2, 0.25) is 0 Å². The van der Waals surface area contributed by atoms with E-state index in [2.05, 4.69) is 62.4 Å². The number of H-pyrrole nitrogens is 1. The number of nitrogens with zero attached hydrogens (tertiary/aromatic N) is 1. The SMILES string of the molecule is CC[NH+](CC)CCC[NH2+]c1[nH]ccc2c(C)c3nc4ccc(OC)cc4c3c(C)c12.O=C([O-])/C=C\C(=O)[O-]. The van der Waals surface area contributed by atoms with Crippen molar-refractivity contribution in [2.45, 2.75) is 34.1 Å². The van der Waals surface area contributed by atoms with Crippen LogP contribution in [-0.2, 0) is 9.59 Å². The summed E-state index contributed by atoms with van der Waals surface area (Å²) in [5.41, 5.74) is 4.67. The lowest BCUT2D eigenvalue weighted by Crippen LogP contribution is -3.11. The number of carbonyl (C=O) groups is 2. The Hall–Kier alpha value is -3.95. The molecule has 0 atom stereocenters. The third-order valence-electron chi connectivity index (χ3n) is 6.92. The zero-order valence-electron chi connectivity index (χ0n) is 22.6. The fraction of sp³-hybridized carbons (Fsp3) is 0.345. The molecule has 9 nitrogen and oxygen atoms in total. The molecule has 2 aromatic heterocycles. The summed E-state index contributed by atoms with van der Waals surface area (Å²) >= 11 is 0. The number of aryl methyl sites for hydroxylation is 2. The molecule has 9 heteroatoms. The number of carbonyl (C=O) groups excluding carboxylic acids is 2. The average molecular weight is 521 g/mol. The van der Waals surface area contributed by atoms with E-state index in [-0.39, 0.29) is 0 Å². The van der Waals surface area contributed by atoms with Crippen molar-refractivity contribution in [1.82, 2.24) is 9.97 Å². The second kappa shape index (κ2) is 13.0. The van der Waals surface area contributed by atoms with Crippen LogP contribution >= 0.6 is 0 Å². The van der Waals surface area contributed by atoms with Crippen LogP contribution in [0.1, 0.15) is 31.4 Å². The summed E-state index contributed by atoms with van der Waals surface area (Å²) in [6.07, 6.45) is 4.04. The number of aromatic nitrogens is 2. The van der Waals surface area contributed by atoms with Crippen LogP contribution in [0.25, 0.3) is 32.6 Å². The van der Waals surface area contributed by atoms with E-state index in [1.165, 1.54) is 64.5 Å². The fourth-order valence-corrected chi connectivity index (χ4v) is 4.88. The van der Waals surface area contributed by atoms with Gasteiger partial charge >= 0.3 is 0 Å². The highest BCUT2D eigenvalue weighted by molar-refractivity contribution is 6.17. The Morgan fingerprint density at radius 2 is 1.71 bits per heavy atom. The van der Waals surface area contributed by atoms with Crippen LogP contribution in [0.3, 0.4) is 0 Å². The van der Waals surface area contributed by atoms with Gasteiger partial charge in [-0.05, 0) is 80.6 Å². The molecule has 0 radical (unpaired) electrons. The van der Waals surface area contributed by atoms with E-state index >= 15 is 0 Å². The van der Waals surface area contributed by atoms with E-state index in [0.717, 1.165) is 23.3 Å². The number of hydrogen-bond acceptors (Lipinski definition) is 6. The standard InChI is InChI=1S/C25H32N4O.C4H4O4/c1-6-29(7-2)14-8-12-26-25-23-17(4)22-20-15-18(30-5)9-10-21(20)28-24(22)16(3)19(23)11-13-27-25;5-3(6)1-2-4(7)8/h9-11,13,15,26-27H,6-8,12,14H2,1-5H3;1-2H,(H,5,6)(H,7,8)/b;2-1-. The van der Waals surface area contributed by atoms with Crippen molar-refractivity contribution in [3.05, 3.63) is 53.7 Å². The average Bonchev–Trinajstić information content (AvgIpc) is 3.30. The maximum Gasteiger partial charge on any atom is 0.210 e. The number of rotatable bonds is 10. The van der Waals surface area contributed by atoms with Crippen molar-refractivity contribution in [2.75, 3.05) is 33.3 Å². The monoisotopic (exact) mass is 520 g/mol. The van der Waals surface area contributed by atoms with Crippen molar-refractivity contribution in [3.8, 4) is 5.75 Å². The Kier molecular flexibility index (Phi) is 9.81. The number of pyridine rings is 1. The van der Waals surface area contributed by atoms with Gasteiger partial charge in [0.15, 0.2) is 0 Å². The molecule has 0 aliphatic rings. The first-order valence-corrected chi connectivity index (χ1v) is 12.9. The lowest BCUT2D eigenvalue weighted by atomic mass is 9.96. The van der Waals surface area contributed by atoms with E-state index in [1.807, 2.05) is 6.07 Å². The molecule has 4 aromatic rings. The number of aliphatic carboxylic acids is 2. The number of carboxylic acid groups (broad SMARTS) is 2. The lowest BCUT2D eigenvalue weighted by molar-refractivity contribution is -0.897. The molecule has 2 heterocycles. The van der Waals surface area contributed by atoms with Crippen molar-refractivity contribution < 1.29 is 34.8 Å². The highest BCUT2D eigenvalue weighted by Crippen LogP contribution is 2.38. The largest absolute Gasteiger partial charge is 0.545 e. The first-order chi connectivity index (χ1) is 18.2. The van der Waals surface area contributed by atoms with Crippen LogP contribution in [0.5, 0.6) is 5.75 Å². The van der Waals surface area contributed by atoms with E-state index in [4.69, 9.17) is 9.72 Å². The van der Waals surface area contributed by atoms with E-state index in [0.29, 0.717) is 12.2 Å². The highest BCUT2D eigenvalue weighted by atomic mass is 16.5. The molecule has 0 bridgehead atoms. The minimum atomic E-state index is -1.55. The molecule has 38 heavy (non-hydrogen) atoms. The van der Waals surface area contributed by atoms with Gasteiger partial charge in [-0.25, -0.2) is 4.98 Å². The molecule has 4 rings (SSSR count). The molecule has 0 amide bonds. The van der Waals surface area contributed by atoms with Gasteiger partial charge in [-0.15, -0.1) is 0 Å². The maximum atomic E-state index is 9.41. The third-order valence-corrected chi connectivity index (χ3v) is 6.92. The summed E-state index contributed by atoms with van der Waals surface area (Å²) in [5, 5.41) is 26.2. The zero-order chi connectivity index (χ0) is 27.8. The molecule has 0 saturated carbocycles. The van der Waals surface area contributed by atoms with Crippen molar-refractivity contribution in [3.63, 3.8) is 0 Å². The molecular weight excluding hydrogens is 484 g/mol. The predicted octanol–water partition coefficient (Wildman–Crippen LogP) is 0.0468. The molecule has 0 aliphatic carbocycles. The van der Waals surface area contributed by atoms with Crippen LogP contribution in [-0.4, -0.2) is 55.2 Å². The van der Waals surface area contributed by atoms with E-state index in [1.54, 1.807) is 12.0 Å². The predicted molar refractivity (Wildman–Crippen MR) is 144 cm³/mol. The summed E-state index contributed by atoms with van der Waals surface area (Å²) in [7, 11) is 1.72. The van der Waals surface area contributed by atoms with Crippen LogP contribution < -0.4 is 25.2 Å². The minimum absolute atomic E-state index is 0.384. The number of ether oxygens (including phenoxy) is 1. The number of aromatic amines is 1. The maximum absolute atomic E-state index is 9.41. The quantitative estimate of drug-likeness (QED) is 0.199. The van der Waals surface area contributed by atoms with Gasteiger partial charge in [0, 0.05) is 23.4 Å². The highest BCUT2D eigenvalue weighted by Gasteiger charge is 2.19. The number of fused-ring (bicyclic) bond motifs is 4. The Morgan fingerprint density at radius 3 is 2.32 bits per heavy atom. The number of carboxylic acids is 2. The summed E-state index contributed by atoms with van der Waals surface area (Å²) in [5.74, 6) is -0.996. The van der Waals surface area contributed by atoms with Gasteiger partial charge < -0.3 is 34.4 Å². The van der Waals surface area contributed by atoms with E-state index < -0.39 is 11.9 Å².